The van der Waals surface area contributed by atoms with Crippen molar-refractivity contribution in [1.29, 1.82) is 0 Å². The zero-order valence-electron chi connectivity index (χ0n) is 11.0. The van der Waals surface area contributed by atoms with Crippen molar-refractivity contribution < 1.29 is 14.6 Å². The van der Waals surface area contributed by atoms with E-state index < -0.39 is 5.97 Å². The summed E-state index contributed by atoms with van der Waals surface area (Å²) in [5, 5.41) is 12.0. The number of hydrogen-bond donors (Lipinski definition) is 3. The van der Waals surface area contributed by atoms with Gasteiger partial charge in [-0.1, -0.05) is 6.07 Å². The highest BCUT2D eigenvalue weighted by molar-refractivity contribution is 5.97. The van der Waals surface area contributed by atoms with Gasteiger partial charge in [-0.25, -0.2) is 9.78 Å². The van der Waals surface area contributed by atoms with Gasteiger partial charge in [0, 0.05) is 6.07 Å². The van der Waals surface area contributed by atoms with Gasteiger partial charge < -0.3 is 20.9 Å². The maximum Gasteiger partial charge on any atom is 0.337 e. The summed E-state index contributed by atoms with van der Waals surface area (Å²) in [5.41, 5.74) is 7.29. The quantitative estimate of drug-likeness (QED) is 0.724. The van der Waals surface area contributed by atoms with Gasteiger partial charge in [-0.3, -0.25) is 0 Å². The number of benzene rings is 1. The molecule has 20 heavy (non-hydrogen) atoms. The zero-order chi connectivity index (χ0) is 14.5. The number of carbonyl (C=O) groups is 1. The monoisotopic (exact) mass is 273 g/mol. The molecule has 2 aromatic rings. The Kier molecular flexibility index (Phi) is 4.05. The van der Waals surface area contributed by atoms with E-state index in [2.05, 4.69) is 10.3 Å². The van der Waals surface area contributed by atoms with E-state index in [9.17, 15) is 4.79 Å². The first-order chi connectivity index (χ1) is 9.61. The number of anilines is 3. The van der Waals surface area contributed by atoms with E-state index >= 15 is 0 Å². The van der Waals surface area contributed by atoms with Crippen LogP contribution in [0, 0.1) is 0 Å². The van der Waals surface area contributed by atoms with Crippen LogP contribution in [0.15, 0.2) is 36.5 Å². The number of rotatable bonds is 5. The predicted molar refractivity (Wildman–Crippen MR) is 76.5 cm³/mol. The fourth-order valence-electron chi connectivity index (χ4n) is 1.70. The average Bonchev–Trinajstić information content (AvgIpc) is 2.43. The van der Waals surface area contributed by atoms with Crippen LogP contribution in [0.25, 0.3) is 0 Å². The number of ether oxygens (including phenoxy) is 1. The minimum atomic E-state index is -1.06. The molecule has 0 aliphatic rings. The lowest BCUT2D eigenvalue weighted by Crippen LogP contribution is -2.05. The highest BCUT2D eigenvalue weighted by Gasteiger charge is 2.11. The molecule has 6 heteroatoms. The Bertz CT molecular complexity index is 612. The van der Waals surface area contributed by atoms with Crippen LogP contribution >= 0.6 is 0 Å². The van der Waals surface area contributed by atoms with Crippen LogP contribution in [0.3, 0.4) is 0 Å². The summed E-state index contributed by atoms with van der Waals surface area (Å²) in [4.78, 5) is 15.1. The molecule has 2 rings (SSSR count). The number of aromatic nitrogens is 1. The number of nitrogen functional groups attached to an aromatic ring is 1. The summed E-state index contributed by atoms with van der Waals surface area (Å²) in [5.74, 6) is -0.527. The normalized spacial score (nSPS) is 10.1. The number of nitrogens with one attached hydrogen (secondary N) is 1. The first-order valence-corrected chi connectivity index (χ1v) is 6.09. The Balaban J connectivity index is 2.21. The highest BCUT2D eigenvalue weighted by Crippen LogP contribution is 2.26. The van der Waals surface area contributed by atoms with E-state index in [-0.39, 0.29) is 11.3 Å². The van der Waals surface area contributed by atoms with Crippen LogP contribution in [0.4, 0.5) is 17.1 Å². The third-order valence-corrected chi connectivity index (χ3v) is 2.64. The van der Waals surface area contributed by atoms with Crippen molar-refractivity contribution in [3.8, 4) is 5.88 Å². The second kappa shape index (κ2) is 5.92. The van der Waals surface area contributed by atoms with Gasteiger partial charge in [-0.2, -0.15) is 0 Å². The smallest absolute Gasteiger partial charge is 0.337 e. The number of para-hydroxylation sites is 1. The van der Waals surface area contributed by atoms with E-state index in [1.54, 1.807) is 30.5 Å². The second-order valence-electron chi connectivity index (χ2n) is 4.02. The van der Waals surface area contributed by atoms with Crippen LogP contribution in [0.5, 0.6) is 5.88 Å². The number of nitrogens with two attached hydrogens (primary N) is 1. The third-order valence-electron chi connectivity index (χ3n) is 2.64. The van der Waals surface area contributed by atoms with Crippen LogP contribution in [0.1, 0.15) is 17.3 Å². The van der Waals surface area contributed by atoms with Crippen LogP contribution < -0.4 is 15.8 Å². The lowest BCUT2D eigenvalue weighted by molar-refractivity contribution is 0.0698. The maximum absolute atomic E-state index is 11.0. The van der Waals surface area contributed by atoms with Crippen LogP contribution in [-0.4, -0.2) is 22.7 Å². The fourth-order valence-corrected chi connectivity index (χ4v) is 1.70. The number of aromatic carboxylic acids is 1. The lowest BCUT2D eigenvalue weighted by atomic mass is 10.1. The molecule has 4 N–H and O–H groups in total. The van der Waals surface area contributed by atoms with E-state index in [4.69, 9.17) is 15.6 Å². The van der Waals surface area contributed by atoms with Crippen molar-refractivity contribution in [2.24, 2.45) is 0 Å². The van der Waals surface area contributed by atoms with Gasteiger partial charge in [0.15, 0.2) is 0 Å². The van der Waals surface area contributed by atoms with Crippen LogP contribution in [0.2, 0.25) is 0 Å². The first-order valence-electron chi connectivity index (χ1n) is 6.09. The molecule has 0 aliphatic heterocycles. The Morgan fingerprint density at radius 1 is 1.40 bits per heavy atom. The molecule has 0 unspecified atom stereocenters. The molecule has 0 atom stereocenters. The highest BCUT2D eigenvalue weighted by atomic mass is 16.5. The van der Waals surface area contributed by atoms with Gasteiger partial charge in [0.05, 0.1) is 35.4 Å². The Morgan fingerprint density at radius 2 is 2.20 bits per heavy atom. The molecule has 0 bridgehead atoms. The molecular formula is C14H15N3O3. The molecule has 0 radical (unpaired) electrons. The number of nitrogens with zero attached hydrogens (tertiary/aromatic N) is 1. The summed E-state index contributed by atoms with van der Waals surface area (Å²) in [6.45, 7) is 2.43. The molecule has 104 valence electrons. The van der Waals surface area contributed by atoms with Crippen molar-refractivity contribution in [1.82, 2.24) is 4.98 Å². The molecule has 0 saturated heterocycles. The minimum absolute atomic E-state index is 0.0638. The standard InChI is InChI=1S/C14H15N3O3/c1-2-20-12-7-6-9(8-16-12)17-11-5-3-4-10(13(11)15)14(18)19/h3-8,17H,2,15H2,1H3,(H,18,19). The number of pyridine rings is 1. The summed E-state index contributed by atoms with van der Waals surface area (Å²) in [6, 6.07) is 8.30. The molecule has 0 saturated carbocycles. The van der Waals surface area contributed by atoms with Crippen molar-refractivity contribution in [2.45, 2.75) is 6.92 Å². The summed E-state index contributed by atoms with van der Waals surface area (Å²) in [6.07, 6.45) is 1.60. The van der Waals surface area contributed by atoms with Crippen molar-refractivity contribution in [3.05, 3.63) is 42.1 Å². The van der Waals surface area contributed by atoms with E-state index in [0.29, 0.717) is 23.9 Å². The topological polar surface area (TPSA) is 97.5 Å². The summed E-state index contributed by atoms with van der Waals surface area (Å²) >= 11 is 0. The van der Waals surface area contributed by atoms with Gasteiger partial charge in [0.2, 0.25) is 5.88 Å². The van der Waals surface area contributed by atoms with Gasteiger partial charge in [-0.05, 0) is 25.1 Å². The Morgan fingerprint density at radius 3 is 2.80 bits per heavy atom. The van der Waals surface area contributed by atoms with E-state index in [1.165, 1.54) is 6.07 Å². The molecule has 0 fully saturated rings. The molecule has 6 nitrogen and oxygen atoms in total. The Labute approximate surface area is 116 Å². The minimum Gasteiger partial charge on any atom is -0.478 e. The van der Waals surface area contributed by atoms with Crippen molar-refractivity contribution in [3.63, 3.8) is 0 Å². The number of carboxylic acids is 1. The maximum atomic E-state index is 11.0. The fraction of sp³-hybridized carbons (Fsp3) is 0.143. The summed E-state index contributed by atoms with van der Waals surface area (Å²) in [7, 11) is 0. The largest absolute Gasteiger partial charge is 0.478 e. The number of hydrogen-bond acceptors (Lipinski definition) is 5. The lowest BCUT2D eigenvalue weighted by Gasteiger charge is -2.11. The van der Waals surface area contributed by atoms with Gasteiger partial charge in [0.25, 0.3) is 0 Å². The van der Waals surface area contributed by atoms with E-state index in [0.717, 1.165) is 0 Å². The zero-order valence-corrected chi connectivity index (χ0v) is 11.0. The SMILES string of the molecule is CCOc1ccc(Nc2cccc(C(=O)O)c2N)cn1. The first kappa shape index (κ1) is 13.7. The molecule has 1 heterocycles. The molecule has 1 aromatic carbocycles. The average molecular weight is 273 g/mol. The van der Waals surface area contributed by atoms with Gasteiger partial charge in [0.1, 0.15) is 0 Å². The van der Waals surface area contributed by atoms with Crippen LogP contribution in [-0.2, 0) is 0 Å². The summed E-state index contributed by atoms with van der Waals surface area (Å²) < 4.78 is 5.24. The van der Waals surface area contributed by atoms with Crippen molar-refractivity contribution >= 4 is 23.0 Å². The Hall–Kier alpha value is -2.76. The van der Waals surface area contributed by atoms with Gasteiger partial charge >= 0.3 is 5.97 Å². The van der Waals surface area contributed by atoms with Gasteiger partial charge in [-0.15, -0.1) is 0 Å². The number of carboxylic acid groups (broad SMARTS) is 1. The molecule has 0 spiro atoms. The molecule has 0 amide bonds. The van der Waals surface area contributed by atoms with E-state index in [1.807, 2.05) is 6.92 Å². The molecular weight excluding hydrogens is 258 g/mol. The molecule has 1 aromatic heterocycles. The molecule has 0 aliphatic carbocycles. The predicted octanol–water partition coefficient (Wildman–Crippen LogP) is 2.50. The van der Waals surface area contributed by atoms with Crippen molar-refractivity contribution in [2.75, 3.05) is 17.7 Å². The third kappa shape index (κ3) is 2.97. The second-order valence-corrected chi connectivity index (χ2v) is 4.02.